The van der Waals surface area contributed by atoms with Gasteiger partial charge < -0.3 is 9.47 Å². The zero-order valence-electron chi connectivity index (χ0n) is 9.32. The van der Waals surface area contributed by atoms with E-state index in [0.29, 0.717) is 0 Å². The Balaban J connectivity index is 2.75. The maximum atomic E-state index is 11.5. The fraction of sp³-hybridized carbons (Fsp3) is 0.818. The number of methoxy groups -OCH3 is 2. The fourth-order valence-corrected chi connectivity index (χ4v) is 2.17. The van der Waals surface area contributed by atoms with Crippen LogP contribution >= 0.6 is 0 Å². The van der Waals surface area contributed by atoms with Crippen molar-refractivity contribution in [3.63, 3.8) is 0 Å². The maximum absolute atomic E-state index is 11.5. The highest BCUT2D eigenvalue weighted by Gasteiger charge is 2.35. The molecule has 0 saturated heterocycles. The van der Waals surface area contributed by atoms with E-state index in [2.05, 4.69) is 0 Å². The van der Waals surface area contributed by atoms with Gasteiger partial charge >= 0.3 is 11.9 Å². The van der Waals surface area contributed by atoms with Crippen molar-refractivity contribution in [2.45, 2.75) is 32.1 Å². The van der Waals surface area contributed by atoms with E-state index in [1.807, 2.05) is 0 Å². The van der Waals surface area contributed by atoms with E-state index >= 15 is 0 Å². The largest absolute Gasteiger partial charge is 0.469 e. The number of rotatable bonds is 2. The van der Waals surface area contributed by atoms with Gasteiger partial charge in [-0.25, -0.2) is 0 Å². The number of carbonyl (C=O) groups excluding carboxylic acids is 2. The average molecular weight is 214 g/mol. The van der Waals surface area contributed by atoms with Crippen molar-refractivity contribution in [3.05, 3.63) is 0 Å². The summed E-state index contributed by atoms with van der Waals surface area (Å²) < 4.78 is 9.45. The highest BCUT2D eigenvalue weighted by molar-refractivity contribution is 5.82. The van der Waals surface area contributed by atoms with E-state index in [4.69, 9.17) is 9.47 Å². The van der Waals surface area contributed by atoms with Crippen molar-refractivity contribution >= 4 is 11.9 Å². The average Bonchev–Trinajstić information content (AvgIpc) is 2.52. The van der Waals surface area contributed by atoms with Gasteiger partial charge in [0.15, 0.2) is 0 Å². The number of ether oxygens (including phenoxy) is 2. The van der Waals surface area contributed by atoms with Crippen molar-refractivity contribution in [2.75, 3.05) is 14.2 Å². The normalized spacial score (nSPS) is 26.5. The van der Waals surface area contributed by atoms with Gasteiger partial charge in [-0.3, -0.25) is 9.59 Å². The smallest absolute Gasteiger partial charge is 0.309 e. The van der Waals surface area contributed by atoms with Crippen LogP contribution in [-0.4, -0.2) is 26.2 Å². The van der Waals surface area contributed by atoms with Crippen molar-refractivity contribution in [3.8, 4) is 0 Å². The van der Waals surface area contributed by atoms with Gasteiger partial charge in [-0.1, -0.05) is 19.3 Å². The number of hydrogen-bond acceptors (Lipinski definition) is 4. The maximum Gasteiger partial charge on any atom is 0.309 e. The van der Waals surface area contributed by atoms with Gasteiger partial charge in [-0.15, -0.1) is 0 Å². The van der Waals surface area contributed by atoms with E-state index in [1.165, 1.54) is 14.2 Å². The van der Waals surface area contributed by atoms with Crippen LogP contribution in [0.5, 0.6) is 0 Å². The van der Waals surface area contributed by atoms with Crippen molar-refractivity contribution in [1.82, 2.24) is 0 Å². The molecule has 1 rings (SSSR count). The zero-order chi connectivity index (χ0) is 11.3. The molecule has 1 fully saturated rings. The first-order valence-electron chi connectivity index (χ1n) is 5.36. The Labute approximate surface area is 89.9 Å². The number of hydrogen-bond donors (Lipinski definition) is 0. The van der Waals surface area contributed by atoms with Crippen LogP contribution in [0.3, 0.4) is 0 Å². The fourth-order valence-electron chi connectivity index (χ4n) is 2.17. The molecule has 0 amide bonds. The van der Waals surface area contributed by atoms with E-state index in [-0.39, 0.29) is 23.8 Å². The number of esters is 2. The molecule has 0 radical (unpaired) electrons. The minimum absolute atomic E-state index is 0.285. The summed E-state index contributed by atoms with van der Waals surface area (Å²) in [5, 5.41) is 0. The second kappa shape index (κ2) is 5.73. The first-order valence-corrected chi connectivity index (χ1v) is 5.36. The molecule has 1 aliphatic carbocycles. The lowest BCUT2D eigenvalue weighted by Crippen LogP contribution is -2.30. The Morgan fingerprint density at radius 1 is 0.867 bits per heavy atom. The predicted molar refractivity (Wildman–Crippen MR) is 54.1 cm³/mol. The second-order valence-electron chi connectivity index (χ2n) is 3.90. The van der Waals surface area contributed by atoms with Crippen LogP contribution in [0.15, 0.2) is 0 Å². The lowest BCUT2D eigenvalue weighted by atomic mass is 9.88. The standard InChI is InChI=1S/C11H18O4/c1-14-10(12)8-6-4-3-5-7-9(8)11(13)15-2/h8-9H,3-7H2,1-2H3/t8-,9+. The molecule has 4 heteroatoms. The first-order chi connectivity index (χ1) is 7.20. The molecule has 1 saturated carbocycles. The van der Waals surface area contributed by atoms with E-state index in [1.54, 1.807) is 0 Å². The van der Waals surface area contributed by atoms with Gasteiger partial charge in [-0.2, -0.15) is 0 Å². The third kappa shape index (κ3) is 2.94. The molecule has 0 unspecified atom stereocenters. The Morgan fingerprint density at radius 3 is 1.60 bits per heavy atom. The molecule has 0 aromatic carbocycles. The van der Waals surface area contributed by atoms with Crippen molar-refractivity contribution < 1.29 is 19.1 Å². The molecular formula is C11H18O4. The van der Waals surface area contributed by atoms with Crippen LogP contribution in [0.4, 0.5) is 0 Å². The van der Waals surface area contributed by atoms with Crippen LogP contribution in [0, 0.1) is 11.8 Å². The minimum atomic E-state index is -0.315. The molecule has 2 atom stereocenters. The van der Waals surface area contributed by atoms with E-state index in [0.717, 1.165) is 32.1 Å². The van der Waals surface area contributed by atoms with Crippen LogP contribution in [0.1, 0.15) is 32.1 Å². The van der Waals surface area contributed by atoms with Crippen LogP contribution in [0.25, 0.3) is 0 Å². The van der Waals surface area contributed by atoms with Gasteiger partial charge in [0.25, 0.3) is 0 Å². The second-order valence-corrected chi connectivity index (χ2v) is 3.90. The molecule has 0 spiro atoms. The summed E-state index contributed by atoms with van der Waals surface area (Å²) in [5.74, 6) is -1.20. The van der Waals surface area contributed by atoms with E-state index in [9.17, 15) is 9.59 Å². The van der Waals surface area contributed by atoms with Crippen LogP contribution in [-0.2, 0) is 19.1 Å². The predicted octanol–water partition coefficient (Wildman–Crippen LogP) is 1.53. The highest BCUT2D eigenvalue weighted by Crippen LogP contribution is 2.30. The molecular weight excluding hydrogens is 196 g/mol. The van der Waals surface area contributed by atoms with Crippen LogP contribution in [0.2, 0.25) is 0 Å². The third-order valence-electron chi connectivity index (χ3n) is 3.02. The quantitative estimate of drug-likeness (QED) is 0.516. The Kier molecular flexibility index (Phi) is 4.59. The summed E-state index contributed by atoms with van der Waals surface area (Å²) in [4.78, 5) is 23.0. The first kappa shape index (κ1) is 12.0. The van der Waals surface area contributed by atoms with Gasteiger partial charge in [0, 0.05) is 0 Å². The van der Waals surface area contributed by atoms with Gasteiger partial charge in [0.2, 0.25) is 0 Å². The Hall–Kier alpha value is -1.06. The molecule has 0 aromatic rings. The lowest BCUT2D eigenvalue weighted by molar-refractivity contribution is -0.157. The molecule has 0 bridgehead atoms. The zero-order valence-corrected chi connectivity index (χ0v) is 9.32. The molecule has 0 heterocycles. The Bertz CT molecular complexity index is 213. The van der Waals surface area contributed by atoms with Gasteiger partial charge in [0.1, 0.15) is 0 Å². The highest BCUT2D eigenvalue weighted by atomic mass is 16.5. The molecule has 4 nitrogen and oxygen atoms in total. The molecule has 86 valence electrons. The van der Waals surface area contributed by atoms with Crippen molar-refractivity contribution in [1.29, 1.82) is 0 Å². The monoisotopic (exact) mass is 214 g/mol. The Morgan fingerprint density at radius 2 is 1.27 bits per heavy atom. The van der Waals surface area contributed by atoms with Gasteiger partial charge in [0.05, 0.1) is 26.1 Å². The number of carbonyl (C=O) groups is 2. The molecule has 15 heavy (non-hydrogen) atoms. The molecule has 0 aliphatic heterocycles. The topological polar surface area (TPSA) is 52.6 Å². The molecule has 0 N–H and O–H groups in total. The van der Waals surface area contributed by atoms with E-state index < -0.39 is 0 Å². The van der Waals surface area contributed by atoms with Gasteiger partial charge in [-0.05, 0) is 12.8 Å². The molecule has 0 aromatic heterocycles. The van der Waals surface area contributed by atoms with Crippen molar-refractivity contribution in [2.24, 2.45) is 11.8 Å². The SMILES string of the molecule is COC(=O)[C@H]1CCCCC[C@H]1C(=O)OC. The summed E-state index contributed by atoms with van der Waals surface area (Å²) in [6.45, 7) is 0. The summed E-state index contributed by atoms with van der Waals surface area (Å²) in [7, 11) is 2.73. The molecule has 1 aliphatic rings. The summed E-state index contributed by atoms with van der Waals surface area (Å²) in [6, 6.07) is 0. The lowest BCUT2D eigenvalue weighted by Gasteiger charge is -2.20. The minimum Gasteiger partial charge on any atom is -0.469 e. The summed E-state index contributed by atoms with van der Waals surface area (Å²) in [5.41, 5.74) is 0. The summed E-state index contributed by atoms with van der Waals surface area (Å²) in [6.07, 6.45) is 4.49. The summed E-state index contributed by atoms with van der Waals surface area (Å²) >= 11 is 0. The van der Waals surface area contributed by atoms with Crippen LogP contribution < -0.4 is 0 Å². The third-order valence-corrected chi connectivity index (χ3v) is 3.02.